The fraction of sp³-hybridized carbons (Fsp3) is 0.176. The fourth-order valence-corrected chi connectivity index (χ4v) is 3.63. The summed E-state index contributed by atoms with van der Waals surface area (Å²) < 4.78 is 24.4. The van der Waals surface area contributed by atoms with Crippen LogP contribution in [-0.2, 0) is 14.6 Å². The summed E-state index contributed by atoms with van der Waals surface area (Å²) in [5, 5.41) is 0.484. The van der Waals surface area contributed by atoms with Gasteiger partial charge < -0.3 is 0 Å². The minimum absolute atomic E-state index is 0.0896. The van der Waals surface area contributed by atoms with E-state index in [1.54, 1.807) is 12.1 Å². The molecule has 0 aliphatic rings. The van der Waals surface area contributed by atoms with Gasteiger partial charge in [-0.3, -0.25) is 20.4 Å². The van der Waals surface area contributed by atoms with Gasteiger partial charge in [-0.05, 0) is 37.3 Å². The van der Waals surface area contributed by atoms with Crippen LogP contribution in [0.3, 0.4) is 0 Å². The molecule has 2 aromatic carbocycles. The standard InChI is InChI=1S/C17H16Cl2N2O4S/c1-11-2-5-13(6-3-11)26(24,25)9-8-16(22)20-21-17(23)14-10-12(18)4-7-15(14)19/h2-7,10H,8-9H2,1H3,(H,20,22)(H,21,23). The summed E-state index contributed by atoms with van der Waals surface area (Å²) in [6.07, 6.45) is -0.306. The van der Waals surface area contributed by atoms with Crippen LogP contribution in [0.1, 0.15) is 22.3 Å². The summed E-state index contributed by atoms with van der Waals surface area (Å²) in [5.41, 5.74) is 5.35. The van der Waals surface area contributed by atoms with E-state index in [1.165, 1.54) is 30.3 Å². The highest BCUT2D eigenvalue weighted by atomic mass is 35.5. The predicted molar refractivity (Wildman–Crippen MR) is 99.9 cm³/mol. The van der Waals surface area contributed by atoms with Crippen molar-refractivity contribution in [2.75, 3.05) is 5.75 Å². The molecule has 0 aliphatic heterocycles. The second kappa shape index (κ2) is 8.53. The largest absolute Gasteiger partial charge is 0.273 e. The molecule has 2 aromatic rings. The normalized spacial score (nSPS) is 11.0. The molecular weight excluding hydrogens is 399 g/mol. The highest BCUT2D eigenvalue weighted by molar-refractivity contribution is 7.91. The first kappa shape index (κ1) is 20.2. The van der Waals surface area contributed by atoms with Gasteiger partial charge in [-0.15, -0.1) is 0 Å². The Bertz CT molecular complexity index is 928. The maximum Gasteiger partial charge on any atom is 0.271 e. The van der Waals surface area contributed by atoms with Gasteiger partial charge in [-0.1, -0.05) is 40.9 Å². The molecule has 138 valence electrons. The average Bonchev–Trinajstić information content (AvgIpc) is 2.60. The van der Waals surface area contributed by atoms with Crippen molar-refractivity contribution in [1.29, 1.82) is 0 Å². The van der Waals surface area contributed by atoms with E-state index in [1.807, 2.05) is 6.92 Å². The number of benzene rings is 2. The molecule has 26 heavy (non-hydrogen) atoms. The third-order valence-corrected chi connectivity index (χ3v) is 5.76. The molecule has 0 radical (unpaired) electrons. The lowest BCUT2D eigenvalue weighted by Crippen LogP contribution is -2.42. The van der Waals surface area contributed by atoms with Crippen molar-refractivity contribution >= 4 is 44.9 Å². The van der Waals surface area contributed by atoms with Crippen molar-refractivity contribution in [2.24, 2.45) is 0 Å². The maximum atomic E-state index is 12.2. The van der Waals surface area contributed by atoms with Gasteiger partial charge in [-0.25, -0.2) is 8.42 Å². The fourth-order valence-electron chi connectivity index (χ4n) is 2.02. The van der Waals surface area contributed by atoms with Crippen LogP contribution in [0.4, 0.5) is 0 Å². The Morgan fingerprint density at radius 1 is 1.00 bits per heavy atom. The van der Waals surface area contributed by atoms with E-state index < -0.39 is 21.7 Å². The van der Waals surface area contributed by atoms with Gasteiger partial charge in [-0.2, -0.15) is 0 Å². The number of sulfone groups is 1. The van der Waals surface area contributed by atoms with Gasteiger partial charge in [0.25, 0.3) is 5.91 Å². The van der Waals surface area contributed by atoms with E-state index in [4.69, 9.17) is 23.2 Å². The lowest BCUT2D eigenvalue weighted by Gasteiger charge is -2.09. The van der Waals surface area contributed by atoms with E-state index in [9.17, 15) is 18.0 Å². The molecule has 0 atom stereocenters. The minimum Gasteiger partial charge on any atom is -0.273 e. The lowest BCUT2D eigenvalue weighted by molar-refractivity contribution is -0.121. The smallest absolute Gasteiger partial charge is 0.271 e. The van der Waals surface area contributed by atoms with E-state index >= 15 is 0 Å². The van der Waals surface area contributed by atoms with Crippen molar-refractivity contribution in [2.45, 2.75) is 18.2 Å². The molecule has 0 saturated heterocycles. The number of nitrogens with one attached hydrogen (secondary N) is 2. The molecule has 0 fully saturated rings. The number of hydrazine groups is 1. The second-order valence-electron chi connectivity index (χ2n) is 5.51. The molecule has 0 bridgehead atoms. The molecule has 0 unspecified atom stereocenters. The summed E-state index contributed by atoms with van der Waals surface area (Å²) >= 11 is 11.7. The van der Waals surface area contributed by atoms with Crippen molar-refractivity contribution in [1.82, 2.24) is 10.9 Å². The van der Waals surface area contributed by atoms with Crippen LogP contribution >= 0.6 is 23.2 Å². The first-order valence-corrected chi connectivity index (χ1v) is 9.93. The third kappa shape index (κ3) is 5.45. The van der Waals surface area contributed by atoms with Crippen molar-refractivity contribution < 1.29 is 18.0 Å². The van der Waals surface area contributed by atoms with Crippen LogP contribution in [-0.4, -0.2) is 26.0 Å². The SMILES string of the molecule is Cc1ccc(S(=O)(=O)CCC(=O)NNC(=O)c2cc(Cl)ccc2Cl)cc1. The van der Waals surface area contributed by atoms with E-state index in [2.05, 4.69) is 10.9 Å². The molecular formula is C17H16Cl2N2O4S. The van der Waals surface area contributed by atoms with Crippen LogP contribution in [0, 0.1) is 6.92 Å². The Morgan fingerprint density at radius 3 is 2.31 bits per heavy atom. The van der Waals surface area contributed by atoms with Crippen molar-refractivity contribution in [3.8, 4) is 0 Å². The zero-order chi connectivity index (χ0) is 19.3. The topological polar surface area (TPSA) is 92.3 Å². The van der Waals surface area contributed by atoms with Crippen molar-refractivity contribution in [3.63, 3.8) is 0 Å². The molecule has 9 heteroatoms. The molecule has 0 saturated carbocycles. The quantitative estimate of drug-likeness (QED) is 0.735. The van der Waals surface area contributed by atoms with Crippen LogP contribution in [0.15, 0.2) is 47.4 Å². The molecule has 2 amide bonds. The summed E-state index contributed by atoms with van der Waals surface area (Å²) in [6.45, 7) is 1.85. The van der Waals surface area contributed by atoms with E-state index in [0.717, 1.165) is 5.56 Å². The summed E-state index contributed by atoms with van der Waals surface area (Å²) in [5.74, 6) is -1.69. The van der Waals surface area contributed by atoms with Gasteiger partial charge in [0.1, 0.15) is 0 Å². The lowest BCUT2D eigenvalue weighted by atomic mass is 10.2. The summed E-state index contributed by atoms with van der Waals surface area (Å²) in [4.78, 5) is 23.9. The summed E-state index contributed by atoms with van der Waals surface area (Å²) in [7, 11) is -3.59. The van der Waals surface area contributed by atoms with Crippen LogP contribution in [0.5, 0.6) is 0 Å². The van der Waals surface area contributed by atoms with Gasteiger partial charge in [0.05, 0.1) is 21.2 Å². The second-order valence-corrected chi connectivity index (χ2v) is 8.46. The molecule has 0 aliphatic carbocycles. The zero-order valence-electron chi connectivity index (χ0n) is 13.8. The molecule has 6 nitrogen and oxygen atoms in total. The number of carbonyl (C=O) groups excluding carboxylic acids is 2. The summed E-state index contributed by atoms with van der Waals surface area (Å²) in [6, 6.07) is 10.7. The van der Waals surface area contributed by atoms with Crippen LogP contribution < -0.4 is 10.9 Å². The van der Waals surface area contributed by atoms with Gasteiger partial charge in [0.15, 0.2) is 9.84 Å². The number of carbonyl (C=O) groups is 2. The van der Waals surface area contributed by atoms with Crippen LogP contribution in [0.25, 0.3) is 0 Å². The Labute approximate surface area is 161 Å². The van der Waals surface area contributed by atoms with Crippen LogP contribution in [0.2, 0.25) is 10.0 Å². The number of aryl methyl sites for hydroxylation is 1. The molecule has 2 N–H and O–H groups in total. The molecule has 0 aromatic heterocycles. The van der Waals surface area contributed by atoms with Gasteiger partial charge in [0, 0.05) is 11.4 Å². The Balaban J connectivity index is 1.90. The number of hydrogen-bond acceptors (Lipinski definition) is 4. The highest BCUT2D eigenvalue weighted by Gasteiger charge is 2.17. The Hall–Kier alpha value is -2.09. The zero-order valence-corrected chi connectivity index (χ0v) is 16.1. The highest BCUT2D eigenvalue weighted by Crippen LogP contribution is 2.20. The average molecular weight is 415 g/mol. The van der Waals surface area contributed by atoms with Gasteiger partial charge >= 0.3 is 0 Å². The monoisotopic (exact) mass is 414 g/mol. The first-order chi connectivity index (χ1) is 12.2. The number of halogens is 2. The number of amides is 2. The molecule has 2 rings (SSSR count). The van der Waals surface area contributed by atoms with E-state index in [0.29, 0.717) is 5.02 Å². The number of hydrogen-bond donors (Lipinski definition) is 2. The predicted octanol–water partition coefficient (Wildman–Crippen LogP) is 2.93. The van der Waals surface area contributed by atoms with Crippen molar-refractivity contribution in [3.05, 3.63) is 63.6 Å². The van der Waals surface area contributed by atoms with E-state index in [-0.39, 0.29) is 27.7 Å². The maximum absolute atomic E-state index is 12.2. The molecule has 0 heterocycles. The third-order valence-electron chi connectivity index (χ3n) is 3.47. The first-order valence-electron chi connectivity index (χ1n) is 7.53. The minimum atomic E-state index is -3.59. The Kier molecular flexibility index (Phi) is 6.63. The molecule has 0 spiro atoms. The number of rotatable bonds is 5. The Morgan fingerprint density at radius 2 is 1.65 bits per heavy atom. The van der Waals surface area contributed by atoms with Gasteiger partial charge in [0.2, 0.25) is 5.91 Å².